The van der Waals surface area contributed by atoms with Crippen LogP contribution >= 0.6 is 0 Å². The Morgan fingerprint density at radius 2 is 1.93 bits per heavy atom. The summed E-state index contributed by atoms with van der Waals surface area (Å²) in [6.45, 7) is 5.24. The summed E-state index contributed by atoms with van der Waals surface area (Å²) >= 11 is 0. The van der Waals surface area contributed by atoms with Crippen molar-refractivity contribution in [1.29, 1.82) is 5.26 Å². The van der Waals surface area contributed by atoms with Gasteiger partial charge >= 0.3 is 0 Å². The van der Waals surface area contributed by atoms with Gasteiger partial charge in [-0.1, -0.05) is 30.3 Å². The van der Waals surface area contributed by atoms with E-state index in [1.165, 1.54) is 11.1 Å². The molecule has 0 saturated carbocycles. The number of hydrogen-bond donors (Lipinski definition) is 2. The predicted molar refractivity (Wildman–Crippen MR) is 110 cm³/mol. The number of aliphatic hydroxyl groups excluding tert-OH is 1. The molecule has 3 aromatic rings. The summed E-state index contributed by atoms with van der Waals surface area (Å²) in [4.78, 5) is 0. The molecule has 2 atom stereocenters. The van der Waals surface area contributed by atoms with Gasteiger partial charge in [0.1, 0.15) is 6.07 Å². The van der Waals surface area contributed by atoms with E-state index in [4.69, 9.17) is 5.11 Å². The van der Waals surface area contributed by atoms with E-state index in [0.717, 1.165) is 23.9 Å². The first-order chi connectivity index (χ1) is 13.1. The molecule has 0 unspecified atom stereocenters. The maximum atomic E-state index is 9.63. The summed E-state index contributed by atoms with van der Waals surface area (Å²) in [5.41, 5.74) is 4.11. The number of nitriles is 1. The molecule has 2 aromatic carbocycles. The summed E-state index contributed by atoms with van der Waals surface area (Å²) in [7, 11) is 0. The highest BCUT2D eigenvalue weighted by Gasteiger charge is 2.13. The van der Waals surface area contributed by atoms with Crippen LogP contribution in [0.5, 0.6) is 0 Å². The summed E-state index contributed by atoms with van der Waals surface area (Å²) in [5, 5.41) is 23.4. The second-order valence-electron chi connectivity index (χ2n) is 7.18. The van der Waals surface area contributed by atoms with Gasteiger partial charge in [-0.2, -0.15) is 5.26 Å². The Morgan fingerprint density at radius 1 is 1.15 bits per heavy atom. The van der Waals surface area contributed by atoms with Crippen LogP contribution in [-0.4, -0.2) is 22.3 Å². The third-order valence-electron chi connectivity index (χ3n) is 4.97. The van der Waals surface area contributed by atoms with Crippen molar-refractivity contribution in [3.05, 3.63) is 71.4 Å². The molecule has 0 aliphatic carbocycles. The number of aromatic nitrogens is 1. The second kappa shape index (κ2) is 8.85. The summed E-state index contributed by atoms with van der Waals surface area (Å²) < 4.78 is 2.06. The fraction of sp³-hybridized carbons (Fsp3) is 0.348. The van der Waals surface area contributed by atoms with Gasteiger partial charge < -0.3 is 15.0 Å². The van der Waals surface area contributed by atoms with Gasteiger partial charge in [0.05, 0.1) is 11.1 Å². The van der Waals surface area contributed by atoms with Crippen molar-refractivity contribution in [3.63, 3.8) is 0 Å². The molecule has 0 amide bonds. The average molecular weight is 361 g/mol. The third-order valence-corrected chi connectivity index (χ3v) is 4.97. The molecular formula is C23H27N3O. The van der Waals surface area contributed by atoms with Gasteiger partial charge in [-0.15, -0.1) is 0 Å². The van der Waals surface area contributed by atoms with Crippen molar-refractivity contribution >= 4 is 10.9 Å². The van der Waals surface area contributed by atoms with Gasteiger partial charge in [0, 0.05) is 36.8 Å². The van der Waals surface area contributed by atoms with Crippen molar-refractivity contribution in [2.45, 2.75) is 45.3 Å². The molecule has 0 aliphatic heterocycles. The Morgan fingerprint density at radius 3 is 2.63 bits per heavy atom. The molecule has 0 bridgehead atoms. The average Bonchev–Trinajstić information content (AvgIpc) is 3.09. The van der Waals surface area contributed by atoms with Crippen molar-refractivity contribution in [3.8, 4) is 6.07 Å². The zero-order valence-corrected chi connectivity index (χ0v) is 16.0. The van der Waals surface area contributed by atoms with Crippen molar-refractivity contribution in [1.82, 2.24) is 9.88 Å². The third kappa shape index (κ3) is 4.57. The van der Waals surface area contributed by atoms with Crippen LogP contribution in [0.2, 0.25) is 0 Å². The van der Waals surface area contributed by atoms with E-state index >= 15 is 0 Å². The SMILES string of the molecule is C[C@H](Cc1cc(C#N)c2c(ccn2CCCO)c1)N[C@H](C)c1ccccc1. The van der Waals surface area contributed by atoms with Crippen molar-refractivity contribution in [2.24, 2.45) is 0 Å². The maximum Gasteiger partial charge on any atom is 0.101 e. The lowest BCUT2D eigenvalue weighted by atomic mass is 10.0. The number of rotatable bonds is 8. The molecule has 3 rings (SSSR count). The number of hydrogen-bond acceptors (Lipinski definition) is 3. The van der Waals surface area contributed by atoms with Crippen LogP contribution in [0.3, 0.4) is 0 Å². The molecule has 0 spiro atoms. The minimum absolute atomic E-state index is 0.155. The van der Waals surface area contributed by atoms with Crippen LogP contribution in [0.4, 0.5) is 0 Å². The van der Waals surface area contributed by atoms with E-state index in [0.29, 0.717) is 18.0 Å². The zero-order chi connectivity index (χ0) is 19.2. The molecule has 0 saturated heterocycles. The molecule has 2 N–H and O–H groups in total. The van der Waals surface area contributed by atoms with Crippen molar-refractivity contribution in [2.75, 3.05) is 6.61 Å². The molecule has 1 aromatic heterocycles. The van der Waals surface area contributed by atoms with Crippen LogP contribution in [0, 0.1) is 11.3 Å². The van der Waals surface area contributed by atoms with Gasteiger partial charge in [-0.05, 0) is 56.0 Å². The van der Waals surface area contributed by atoms with Crippen LogP contribution in [0.25, 0.3) is 10.9 Å². The summed E-state index contributed by atoms with van der Waals surface area (Å²) in [6.07, 6.45) is 3.56. The van der Waals surface area contributed by atoms with Crippen LogP contribution in [0.1, 0.15) is 43.0 Å². The molecule has 4 nitrogen and oxygen atoms in total. The summed E-state index contributed by atoms with van der Waals surface area (Å²) in [6, 6.07) is 19.6. The van der Waals surface area contributed by atoms with Gasteiger partial charge in [0.2, 0.25) is 0 Å². The number of benzene rings is 2. The molecule has 0 aliphatic rings. The summed E-state index contributed by atoms with van der Waals surface area (Å²) in [5.74, 6) is 0. The van der Waals surface area contributed by atoms with Gasteiger partial charge in [-0.25, -0.2) is 0 Å². The Labute approximate surface area is 161 Å². The first-order valence-corrected chi connectivity index (χ1v) is 9.56. The lowest BCUT2D eigenvalue weighted by Gasteiger charge is -2.21. The van der Waals surface area contributed by atoms with E-state index in [2.05, 4.69) is 66.2 Å². The lowest BCUT2D eigenvalue weighted by molar-refractivity contribution is 0.280. The molecule has 0 radical (unpaired) electrons. The first-order valence-electron chi connectivity index (χ1n) is 9.56. The highest BCUT2D eigenvalue weighted by molar-refractivity contribution is 5.86. The zero-order valence-electron chi connectivity index (χ0n) is 16.0. The molecule has 4 heteroatoms. The molecule has 1 heterocycles. The molecule has 27 heavy (non-hydrogen) atoms. The quantitative estimate of drug-likeness (QED) is 0.633. The fourth-order valence-electron chi connectivity index (χ4n) is 3.72. The number of nitrogens with zero attached hydrogens (tertiary/aromatic N) is 2. The van der Waals surface area contributed by atoms with Crippen LogP contribution in [0.15, 0.2) is 54.7 Å². The predicted octanol–water partition coefficient (Wildman–Crippen LogP) is 4.18. The largest absolute Gasteiger partial charge is 0.396 e. The Bertz CT molecular complexity index is 924. The van der Waals surface area contributed by atoms with E-state index in [-0.39, 0.29) is 12.6 Å². The van der Waals surface area contributed by atoms with Crippen LogP contribution < -0.4 is 5.32 Å². The van der Waals surface area contributed by atoms with Gasteiger partial charge in [0.15, 0.2) is 0 Å². The highest BCUT2D eigenvalue weighted by Crippen LogP contribution is 2.24. The van der Waals surface area contributed by atoms with Gasteiger partial charge in [-0.3, -0.25) is 0 Å². The van der Waals surface area contributed by atoms with E-state index in [1.807, 2.05) is 18.3 Å². The lowest BCUT2D eigenvalue weighted by Crippen LogP contribution is -2.30. The van der Waals surface area contributed by atoms with E-state index in [1.54, 1.807) is 0 Å². The minimum atomic E-state index is 0.155. The van der Waals surface area contributed by atoms with E-state index < -0.39 is 0 Å². The molecular weight excluding hydrogens is 334 g/mol. The second-order valence-corrected chi connectivity index (χ2v) is 7.18. The standard InChI is InChI=1S/C23H27N3O/c1-17(25-18(2)20-7-4-3-5-8-20)13-19-14-21-9-11-26(10-6-12-27)23(21)22(15-19)16-24/h3-5,7-9,11,14-15,17-18,25,27H,6,10,12-13H2,1-2H3/t17-,18-/m1/s1. The number of nitrogens with one attached hydrogen (secondary N) is 1. The monoisotopic (exact) mass is 361 g/mol. The fourth-order valence-corrected chi connectivity index (χ4v) is 3.72. The van der Waals surface area contributed by atoms with Gasteiger partial charge in [0.25, 0.3) is 0 Å². The molecule has 140 valence electrons. The first kappa shape index (κ1) is 19.2. The highest BCUT2D eigenvalue weighted by atomic mass is 16.3. The minimum Gasteiger partial charge on any atom is -0.396 e. The number of aryl methyl sites for hydroxylation is 1. The Hall–Kier alpha value is -2.61. The number of aliphatic hydroxyl groups is 1. The van der Waals surface area contributed by atoms with E-state index in [9.17, 15) is 5.26 Å². The topological polar surface area (TPSA) is 61.0 Å². The smallest absolute Gasteiger partial charge is 0.101 e. The number of fused-ring (bicyclic) bond motifs is 1. The Kier molecular flexibility index (Phi) is 6.28. The normalized spacial score (nSPS) is 13.4. The Balaban J connectivity index is 1.76. The van der Waals surface area contributed by atoms with Crippen molar-refractivity contribution < 1.29 is 5.11 Å². The van der Waals surface area contributed by atoms with Crippen LogP contribution in [-0.2, 0) is 13.0 Å². The molecule has 0 fully saturated rings. The maximum absolute atomic E-state index is 9.63.